The summed E-state index contributed by atoms with van der Waals surface area (Å²) in [6.45, 7) is 4.48. The maximum Gasteiger partial charge on any atom is 0.133 e. The first-order chi connectivity index (χ1) is 10.8. The summed E-state index contributed by atoms with van der Waals surface area (Å²) in [4.78, 5) is 11.7. The first-order valence-corrected chi connectivity index (χ1v) is 9.98. The van der Waals surface area contributed by atoms with E-state index in [1.54, 1.807) is 0 Å². The van der Waals surface area contributed by atoms with Crippen molar-refractivity contribution in [2.45, 2.75) is 117 Å². The van der Waals surface area contributed by atoms with Crippen molar-refractivity contribution in [1.82, 2.24) is 0 Å². The van der Waals surface area contributed by atoms with Crippen LogP contribution in [0.3, 0.4) is 0 Å². The summed E-state index contributed by atoms with van der Waals surface area (Å²) in [6.07, 6.45) is 24.0. The molecule has 0 amide bonds. The minimum Gasteiger partial charge on any atom is -0.300 e. The fraction of sp³-hybridized carbons (Fsp3) is 0.857. The Kier molecular flexibility index (Phi) is 18.0. The van der Waals surface area contributed by atoms with Gasteiger partial charge in [0.25, 0.3) is 0 Å². The van der Waals surface area contributed by atoms with Gasteiger partial charge in [-0.3, -0.25) is 4.79 Å². The van der Waals surface area contributed by atoms with Crippen LogP contribution in [0.5, 0.6) is 0 Å². The number of ketones is 1. The molecular weight excluding hydrogens is 268 g/mol. The van der Waals surface area contributed by atoms with Crippen molar-refractivity contribution >= 4 is 5.78 Å². The molecule has 0 aromatic rings. The number of unbranched alkanes of at least 4 members (excludes halogenated alkanes) is 11. The standard InChI is InChI=1S/C21H40O/c1-3-5-7-9-11-12-13-14-16-18-20-21(22)19-17-15-10-8-6-4-2/h10,15H,3-9,11-14,16-20H2,1-2H3/b15-10-. The van der Waals surface area contributed by atoms with E-state index in [0.717, 1.165) is 25.7 Å². The van der Waals surface area contributed by atoms with Crippen LogP contribution in [-0.2, 0) is 4.79 Å². The third-order valence-electron chi connectivity index (χ3n) is 4.29. The van der Waals surface area contributed by atoms with Crippen molar-refractivity contribution < 1.29 is 4.79 Å². The SMILES string of the molecule is CCCC/C=C\CCC(=O)CCCCCCCCCCCC. The van der Waals surface area contributed by atoms with Crippen molar-refractivity contribution in [3.8, 4) is 0 Å². The number of rotatable bonds is 17. The summed E-state index contributed by atoms with van der Waals surface area (Å²) in [6, 6.07) is 0. The van der Waals surface area contributed by atoms with Crippen molar-refractivity contribution in [1.29, 1.82) is 0 Å². The number of allylic oxidation sites excluding steroid dienone is 2. The van der Waals surface area contributed by atoms with Gasteiger partial charge in [-0.05, 0) is 19.3 Å². The van der Waals surface area contributed by atoms with Crippen LogP contribution in [0.25, 0.3) is 0 Å². The van der Waals surface area contributed by atoms with Gasteiger partial charge in [-0.2, -0.15) is 0 Å². The van der Waals surface area contributed by atoms with Gasteiger partial charge >= 0.3 is 0 Å². The van der Waals surface area contributed by atoms with Gasteiger partial charge in [-0.25, -0.2) is 0 Å². The zero-order valence-electron chi connectivity index (χ0n) is 15.4. The van der Waals surface area contributed by atoms with Gasteiger partial charge in [0.05, 0.1) is 0 Å². The molecule has 0 aliphatic carbocycles. The molecule has 0 bridgehead atoms. The van der Waals surface area contributed by atoms with Gasteiger partial charge in [0.15, 0.2) is 0 Å². The van der Waals surface area contributed by atoms with Crippen molar-refractivity contribution in [2.75, 3.05) is 0 Å². The summed E-state index contributed by atoms with van der Waals surface area (Å²) in [5.41, 5.74) is 0. The predicted molar refractivity (Wildman–Crippen MR) is 99.4 cm³/mol. The summed E-state index contributed by atoms with van der Waals surface area (Å²) in [5.74, 6) is 0.458. The maximum absolute atomic E-state index is 11.7. The van der Waals surface area contributed by atoms with Crippen molar-refractivity contribution in [2.24, 2.45) is 0 Å². The van der Waals surface area contributed by atoms with Crippen LogP contribution in [0, 0.1) is 0 Å². The maximum atomic E-state index is 11.7. The average Bonchev–Trinajstić information content (AvgIpc) is 2.52. The Hall–Kier alpha value is -0.590. The molecule has 0 rings (SSSR count). The first-order valence-electron chi connectivity index (χ1n) is 9.98. The molecule has 0 saturated heterocycles. The molecule has 0 fully saturated rings. The van der Waals surface area contributed by atoms with E-state index in [1.807, 2.05) is 0 Å². The van der Waals surface area contributed by atoms with Crippen LogP contribution in [-0.4, -0.2) is 5.78 Å². The quantitative estimate of drug-likeness (QED) is 0.202. The molecule has 0 aliphatic heterocycles. The Morgan fingerprint density at radius 1 is 0.591 bits per heavy atom. The highest BCUT2D eigenvalue weighted by Crippen LogP contribution is 2.12. The monoisotopic (exact) mass is 308 g/mol. The normalized spacial score (nSPS) is 11.4. The van der Waals surface area contributed by atoms with Crippen molar-refractivity contribution in [3.05, 3.63) is 12.2 Å². The van der Waals surface area contributed by atoms with E-state index >= 15 is 0 Å². The second-order valence-electron chi connectivity index (χ2n) is 6.62. The zero-order chi connectivity index (χ0) is 16.3. The lowest BCUT2D eigenvalue weighted by Gasteiger charge is -2.02. The fourth-order valence-electron chi connectivity index (χ4n) is 2.74. The Morgan fingerprint density at radius 3 is 1.68 bits per heavy atom. The summed E-state index contributed by atoms with van der Waals surface area (Å²) < 4.78 is 0. The number of carbonyl (C=O) groups excluding carboxylic acids is 1. The van der Waals surface area contributed by atoms with E-state index in [2.05, 4.69) is 26.0 Å². The van der Waals surface area contributed by atoms with E-state index < -0.39 is 0 Å². The molecule has 1 nitrogen and oxygen atoms in total. The number of Topliss-reactive ketones (excluding diaryl/α,β-unsaturated/α-hetero) is 1. The van der Waals surface area contributed by atoms with E-state index in [4.69, 9.17) is 0 Å². The molecule has 0 heterocycles. The van der Waals surface area contributed by atoms with Crippen LogP contribution >= 0.6 is 0 Å². The fourth-order valence-corrected chi connectivity index (χ4v) is 2.74. The van der Waals surface area contributed by atoms with Gasteiger partial charge < -0.3 is 0 Å². The third-order valence-corrected chi connectivity index (χ3v) is 4.29. The van der Waals surface area contributed by atoms with Gasteiger partial charge in [0.2, 0.25) is 0 Å². The minimum atomic E-state index is 0.458. The molecule has 0 radical (unpaired) electrons. The average molecular weight is 309 g/mol. The Morgan fingerprint density at radius 2 is 1.09 bits per heavy atom. The molecule has 0 aliphatic rings. The highest BCUT2D eigenvalue weighted by Gasteiger charge is 2.00. The second kappa shape index (κ2) is 18.5. The van der Waals surface area contributed by atoms with E-state index in [0.29, 0.717) is 5.78 Å². The van der Waals surface area contributed by atoms with Crippen LogP contribution in [0.15, 0.2) is 12.2 Å². The molecule has 130 valence electrons. The largest absolute Gasteiger partial charge is 0.300 e. The van der Waals surface area contributed by atoms with E-state index in [-0.39, 0.29) is 0 Å². The molecule has 1 heteroatoms. The molecule has 0 N–H and O–H groups in total. The van der Waals surface area contributed by atoms with E-state index in [1.165, 1.54) is 77.0 Å². The van der Waals surface area contributed by atoms with Gasteiger partial charge in [0.1, 0.15) is 5.78 Å². The minimum absolute atomic E-state index is 0.458. The molecule has 0 spiro atoms. The number of hydrogen-bond donors (Lipinski definition) is 0. The molecule has 22 heavy (non-hydrogen) atoms. The van der Waals surface area contributed by atoms with Crippen LogP contribution in [0.1, 0.15) is 117 Å². The summed E-state index contributed by atoms with van der Waals surface area (Å²) in [5, 5.41) is 0. The smallest absolute Gasteiger partial charge is 0.133 e. The third kappa shape index (κ3) is 17.5. The van der Waals surface area contributed by atoms with Gasteiger partial charge in [-0.15, -0.1) is 0 Å². The lowest BCUT2D eigenvalue weighted by molar-refractivity contribution is -0.119. The first kappa shape index (κ1) is 21.4. The Bertz CT molecular complexity index is 255. The Balaban J connectivity index is 3.20. The molecule has 0 aromatic heterocycles. The van der Waals surface area contributed by atoms with Crippen LogP contribution < -0.4 is 0 Å². The number of carbonyl (C=O) groups is 1. The van der Waals surface area contributed by atoms with Crippen LogP contribution in [0.4, 0.5) is 0 Å². The van der Waals surface area contributed by atoms with Crippen LogP contribution in [0.2, 0.25) is 0 Å². The second-order valence-corrected chi connectivity index (χ2v) is 6.62. The van der Waals surface area contributed by atoms with Crippen molar-refractivity contribution in [3.63, 3.8) is 0 Å². The molecule has 0 atom stereocenters. The summed E-state index contributed by atoms with van der Waals surface area (Å²) >= 11 is 0. The highest BCUT2D eigenvalue weighted by atomic mass is 16.1. The molecule has 0 saturated carbocycles. The topological polar surface area (TPSA) is 17.1 Å². The predicted octanol–water partition coefficient (Wildman–Crippen LogP) is 7.39. The zero-order valence-corrected chi connectivity index (χ0v) is 15.4. The molecule has 0 aromatic carbocycles. The van der Waals surface area contributed by atoms with Gasteiger partial charge in [0, 0.05) is 12.8 Å². The number of hydrogen-bond acceptors (Lipinski definition) is 1. The molecular formula is C21H40O. The Labute approximate surface area is 140 Å². The van der Waals surface area contributed by atoms with Gasteiger partial charge in [-0.1, -0.05) is 96.6 Å². The molecule has 0 unspecified atom stereocenters. The lowest BCUT2D eigenvalue weighted by Crippen LogP contribution is -1.96. The highest BCUT2D eigenvalue weighted by molar-refractivity contribution is 5.78. The van der Waals surface area contributed by atoms with E-state index in [9.17, 15) is 4.79 Å². The lowest BCUT2D eigenvalue weighted by atomic mass is 10.0. The summed E-state index contributed by atoms with van der Waals surface area (Å²) in [7, 11) is 0.